The lowest BCUT2D eigenvalue weighted by Gasteiger charge is -2.14. The zero-order valence-electron chi connectivity index (χ0n) is 11.4. The van der Waals surface area contributed by atoms with Crippen molar-refractivity contribution in [1.82, 2.24) is 9.80 Å². The molecule has 1 heterocycles. The lowest BCUT2D eigenvalue weighted by molar-refractivity contribution is -0.143. The average Bonchev–Trinajstić information content (AvgIpc) is 2.65. The molecule has 7 nitrogen and oxygen atoms in total. The van der Waals surface area contributed by atoms with Gasteiger partial charge in [-0.25, -0.2) is 9.69 Å². The molecule has 1 saturated heterocycles. The van der Waals surface area contributed by atoms with Crippen LogP contribution in [0.2, 0.25) is 0 Å². The topological polar surface area (TPSA) is 86.8 Å². The molecule has 1 fully saturated rings. The number of anilines is 1. The second-order valence-electron chi connectivity index (χ2n) is 4.44. The molecule has 22 heavy (non-hydrogen) atoms. The van der Waals surface area contributed by atoms with Gasteiger partial charge in [-0.05, 0) is 18.2 Å². The summed E-state index contributed by atoms with van der Waals surface area (Å²) in [5, 5.41) is 2.55. The molecule has 0 aliphatic carbocycles. The molecular weight excluding hydrogens is 354 g/mol. The minimum absolute atomic E-state index is 0.0762. The first-order valence-corrected chi connectivity index (χ1v) is 7.07. The van der Waals surface area contributed by atoms with Crippen molar-refractivity contribution in [3.63, 3.8) is 0 Å². The van der Waals surface area contributed by atoms with Gasteiger partial charge in [0.1, 0.15) is 6.54 Å². The molecule has 1 aromatic rings. The maximum atomic E-state index is 11.9. The number of rotatable bonds is 5. The summed E-state index contributed by atoms with van der Waals surface area (Å²) in [6, 6.07) is 6.02. The third-order valence-corrected chi connectivity index (χ3v) is 3.35. The number of nitrogens with zero attached hydrogens (tertiary/aromatic N) is 2. The van der Waals surface area contributed by atoms with Crippen LogP contribution in [-0.4, -0.2) is 46.6 Å². The zero-order valence-corrected chi connectivity index (χ0v) is 13.0. The quantitative estimate of drug-likeness (QED) is 0.484. The lowest BCUT2D eigenvalue weighted by Crippen LogP contribution is -2.39. The Balaban J connectivity index is 2.05. The summed E-state index contributed by atoms with van der Waals surface area (Å²) in [5.41, 5.74) is 0.507. The molecule has 0 bridgehead atoms. The zero-order chi connectivity index (χ0) is 16.3. The predicted molar refractivity (Wildman–Crippen MR) is 81.8 cm³/mol. The number of carbonyl (C=O) groups excluding carboxylic acids is 4. The molecule has 0 radical (unpaired) electrons. The Hall–Kier alpha value is -2.48. The van der Waals surface area contributed by atoms with Crippen molar-refractivity contribution >= 4 is 45.4 Å². The van der Waals surface area contributed by atoms with Crippen molar-refractivity contribution in [3.8, 4) is 0 Å². The SMILES string of the molecule is C=CCN1C(=O)C(=O)N(CC(=O)Nc2cccc(Br)c2)C1=O. The highest BCUT2D eigenvalue weighted by Gasteiger charge is 2.44. The van der Waals surface area contributed by atoms with E-state index in [4.69, 9.17) is 0 Å². The minimum Gasteiger partial charge on any atom is -0.324 e. The smallest absolute Gasteiger partial charge is 0.324 e. The summed E-state index contributed by atoms with van der Waals surface area (Å²) in [7, 11) is 0. The van der Waals surface area contributed by atoms with Crippen LogP contribution in [0.5, 0.6) is 0 Å². The fourth-order valence-electron chi connectivity index (χ4n) is 1.89. The summed E-state index contributed by atoms with van der Waals surface area (Å²) in [6.07, 6.45) is 1.33. The van der Waals surface area contributed by atoms with E-state index in [1.54, 1.807) is 24.3 Å². The Kier molecular flexibility index (Phi) is 4.71. The van der Waals surface area contributed by atoms with Gasteiger partial charge < -0.3 is 5.32 Å². The van der Waals surface area contributed by atoms with Gasteiger partial charge in [0.25, 0.3) is 0 Å². The van der Waals surface area contributed by atoms with E-state index in [2.05, 4.69) is 27.8 Å². The van der Waals surface area contributed by atoms with Gasteiger partial charge in [0.2, 0.25) is 5.91 Å². The molecular formula is C14H12BrN3O4. The summed E-state index contributed by atoms with van der Waals surface area (Å²) >= 11 is 3.26. The highest BCUT2D eigenvalue weighted by Crippen LogP contribution is 2.16. The molecule has 0 spiro atoms. The molecule has 0 atom stereocenters. The largest absolute Gasteiger partial charge is 0.335 e. The number of benzene rings is 1. The monoisotopic (exact) mass is 365 g/mol. The molecule has 8 heteroatoms. The highest BCUT2D eigenvalue weighted by atomic mass is 79.9. The summed E-state index contributed by atoms with van der Waals surface area (Å²) in [6.45, 7) is 2.81. The van der Waals surface area contributed by atoms with Crippen LogP contribution in [0.25, 0.3) is 0 Å². The number of hydrogen-bond acceptors (Lipinski definition) is 4. The van der Waals surface area contributed by atoms with Crippen LogP contribution in [0.1, 0.15) is 0 Å². The summed E-state index contributed by atoms with van der Waals surface area (Å²) in [5.74, 6) is -2.55. The summed E-state index contributed by atoms with van der Waals surface area (Å²) in [4.78, 5) is 48.6. The minimum atomic E-state index is -1.02. The van der Waals surface area contributed by atoms with Crippen molar-refractivity contribution in [2.24, 2.45) is 0 Å². The third-order valence-electron chi connectivity index (χ3n) is 2.86. The summed E-state index contributed by atoms with van der Waals surface area (Å²) < 4.78 is 0.769. The maximum Gasteiger partial charge on any atom is 0.335 e. The molecule has 1 aromatic carbocycles. The van der Waals surface area contributed by atoms with Gasteiger partial charge in [0, 0.05) is 16.7 Å². The maximum absolute atomic E-state index is 11.9. The van der Waals surface area contributed by atoms with Crippen LogP contribution in [0.4, 0.5) is 10.5 Å². The van der Waals surface area contributed by atoms with E-state index < -0.39 is 30.3 Å². The van der Waals surface area contributed by atoms with Crippen LogP contribution in [0.3, 0.4) is 0 Å². The van der Waals surface area contributed by atoms with E-state index in [1.165, 1.54) is 6.08 Å². The average molecular weight is 366 g/mol. The molecule has 0 saturated carbocycles. The number of nitrogens with one attached hydrogen (secondary N) is 1. The van der Waals surface area contributed by atoms with Gasteiger partial charge in [0.15, 0.2) is 0 Å². The first kappa shape index (κ1) is 15.9. The molecule has 1 N–H and O–H groups in total. The fourth-order valence-corrected chi connectivity index (χ4v) is 2.29. The second kappa shape index (κ2) is 6.52. The van der Waals surface area contributed by atoms with Gasteiger partial charge in [-0.2, -0.15) is 0 Å². The molecule has 1 aliphatic heterocycles. The van der Waals surface area contributed by atoms with Crippen molar-refractivity contribution < 1.29 is 19.2 Å². The van der Waals surface area contributed by atoms with E-state index in [0.717, 1.165) is 9.37 Å². The van der Waals surface area contributed by atoms with Gasteiger partial charge in [-0.1, -0.05) is 28.1 Å². The van der Waals surface area contributed by atoms with Gasteiger partial charge in [-0.3, -0.25) is 19.3 Å². The van der Waals surface area contributed by atoms with Gasteiger partial charge in [0.05, 0.1) is 0 Å². The first-order chi connectivity index (χ1) is 10.4. The van der Waals surface area contributed by atoms with E-state index in [-0.39, 0.29) is 6.54 Å². The van der Waals surface area contributed by atoms with Gasteiger partial charge in [-0.15, -0.1) is 6.58 Å². The first-order valence-electron chi connectivity index (χ1n) is 6.27. The van der Waals surface area contributed by atoms with Crippen molar-refractivity contribution in [3.05, 3.63) is 41.4 Å². The van der Waals surface area contributed by atoms with Crippen LogP contribution < -0.4 is 5.32 Å². The van der Waals surface area contributed by atoms with Crippen LogP contribution in [-0.2, 0) is 14.4 Å². The van der Waals surface area contributed by atoms with E-state index >= 15 is 0 Å². The van der Waals surface area contributed by atoms with Gasteiger partial charge >= 0.3 is 17.8 Å². The number of hydrogen-bond donors (Lipinski definition) is 1. The third kappa shape index (κ3) is 3.22. The molecule has 0 unspecified atom stereocenters. The number of urea groups is 1. The van der Waals surface area contributed by atoms with Crippen molar-refractivity contribution in [2.45, 2.75) is 0 Å². The number of amides is 5. The molecule has 114 valence electrons. The normalized spacial score (nSPS) is 14.5. The second-order valence-corrected chi connectivity index (χ2v) is 5.35. The van der Waals surface area contributed by atoms with Crippen LogP contribution >= 0.6 is 15.9 Å². The lowest BCUT2D eigenvalue weighted by atomic mass is 10.3. The predicted octanol–water partition coefficient (Wildman–Crippen LogP) is 1.36. The Morgan fingerprint density at radius 2 is 1.91 bits per heavy atom. The fraction of sp³-hybridized carbons (Fsp3) is 0.143. The highest BCUT2D eigenvalue weighted by molar-refractivity contribution is 9.10. The standard InChI is InChI=1S/C14H12BrN3O4/c1-2-6-17-12(20)13(21)18(14(17)22)8-11(19)16-10-5-3-4-9(15)7-10/h2-5,7H,1,6,8H2,(H,16,19). The molecule has 1 aliphatic rings. The Morgan fingerprint density at radius 1 is 1.23 bits per heavy atom. The van der Waals surface area contributed by atoms with Crippen LogP contribution in [0, 0.1) is 0 Å². The van der Waals surface area contributed by atoms with Crippen LogP contribution in [0.15, 0.2) is 41.4 Å². The Labute approximate surface area is 134 Å². The number of carbonyl (C=O) groups is 4. The van der Waals surface area contributed by atoms with E-state index in [0.29, 0.717) is 10.6 Å². The van der Waals surface area contributed by atoms with E-state index in [9.17, 15) is 19.2 Å². The number of halogens is 1. The number of imide groups is 2. The Bertz CT molecular complexity index is 674. The molecule has 5 amide bonds. The Morgan fingerprint density at radius 3 is 2.55 bits per heavy atom. The van der Waals surface area contributed by atoms with E-state index in [1.807, 2.05) is 0 Å². The molecule has 2 rings (SSSR count). The van der Waals surface area contributed by atoms with Crippen molar-refractivity contribution in [1.29, 1.82) is 0 Å². The van der Waals surface area contributed by atoms with Crippen molar-refractivity contribution in [2.75, 3.05) is 18.4 Å². The molecule has 0 aromatic heterocycles.